The van der Waals surface area contributed by atoms with Crippen LogP contribution in [0.5, 0.6) is 0 Å². The summed E-state index contributed by atoms with van der Waals surface area (Å²) in [4.78, 5) is 89.2. The van der Waals surface area contributed by atoms with Crippen molar-refractivity contribution in [1.82, 2.24) is 0 Å². The normalized spacial score (nSPS) is 12.0. The van der Waals surface area contributed by atoms with Gasteiger partial charge in [-0.15, -0.1) is 0 Å². The van der Waals surface area contributed by atoms with Crippen molar-refractivity contribution in [2.24, 2.45) is 0 Å². The molecule has 4 rings (SSSR count). The minimum absolute atomic E-state index is 0.0181. The monoisotopic (exact) mass is 902 g/mol. The van der Waals surface area contributed by atoms with Crippen LogP contribution in [0.3, 0.4) is 0 Å². The molecule has 0 unspecified atom stereocenters. The topological polar surface area (TPSA) is 180 Å². The van der Waals surface area contributed by atoms with E-state index in [1.807, 2.05) is 0 Å². The molecule has 244 valence electrons. The number of furan rings is 2. The van der Waals surface area contributed by atoms with Crippen LogP contribution in [0.4, 0.5) is 0 Å². The summed E-state index contributed by atoms with van der Waals surface area (Å²) in [5.74, 6) is 0. The molecule has 0 saturated heterocycles. The van der Waals surface area contributed by atoms with Crippen molar-refractivity contribution in [3.63, 3.8) is 0 Å². The molecule has 45 heavy (non-hydrogen) atoms. The van der Waals surface area contributed by atoms with Gasteiger partial charge < -0.3 is 8.83 Å². The van der Waals surface area contributed by atoms with Crippen LogP contribution in [-0.2, 0) is 4.57 Å². The molecule has 0 amide bonds. The Kier molecular flexibility index (Phi) is 15.4. The zero-order valence-corrected chi connectivity index (χ0v) is 31.1. The third kappa shape index (κ3) is 14.7. The van der Waals surface area contributed by atoms with Gasteiger partial charge in [-0.05, 0) is 104 Å². The van der Waals surface area contributed by atoms with Crippen LogP contribution in [0.1, 0.15) is 41.4 Å². The minimum Gasteiger partial charge on any atom is -0.386 e. The quantitative estimate of drug-likeness (QED) is 0.141. The van der Waals surface area contributed by atoms with Crippen LogP contribution in [0.25, 0.3) is 21.5 Å². The van der Waals surface area contributed by atoms with Gasteiger partial charge in [0.1, 0.15) is 0 Å². The zero-order valence-electron chi connectivity index (χ0n) is 20.2. The van der Waals surface area contributed by atoms with Gasteiger partial charge in [-0.3, -0.25) is 23.7 Å². The fourth-order valence-electron chi connectivity index (χ4n) is 2.91. The molecule has 2 aromatic carbocycles. The van der Waals surface area contributed by atoms with Gasteiger partial charge >= 0.3 is 87.3 Å². The van der Waals surface area contributed by atoms with Gasteiger partial charge in [0.05, 0.1) is 21.5 Å². The van der Waals surface area contributed by atoms with E-state index in [9.17, 15) is 42.9 Å². The van der Waals surface area contributed by atoms with E-state index in [-0.39, 0.29) is 43.8 Å². The molecule has 0 aliphatic rings. The molecule has 0 aliphatic heterocycles. The number of carbonyl (C=O) groups is 4. The van der Waals surface area contributed by atoms with Gasteiger partial charge in [-0.25, -0.2) is 19.2 Å². The van der Waals surface area contributed by atoms with Crippen molar-refractivity contribution in [2.45, 2.75) is 0 Å². The van der Waals surface area contributed by atoms with Crippen LogP contribution in [0, 0.1) is 0 Å². The number of halogens is 12. The second kappa shape index (κ2) is 16.3. The number of carbonyl (C=O) groups excluding carboxylic acids is 4. The van der Waals surface area contributed by atoms with Crippen LogP contribution in [0.15, 0.2) is 52.3 Å². The first-order valence-electron chi connectivity index (χ1n) is 10.0. The SMILES string of the molecule is ClP(Cl)(Cl)(Cl)Cl.O=C(Cl)c1cc(C(=O)Cl)c(C(=O)Cl)cc1C(=O)Cl.O=P(Cl)(Cl)Cl.O=c1oc(=O)c2cc3c(=O)oc(=O)c3cc12. The van der Waals surface area contributed by atoms with Gasteiger partial charge in [0.2, 0.25) is 0 Å². The molecular weight excluding hydrogens is 904 g/mol. The minimum atomic E-state index is -3.69. The summed E-state index contributed by atoms with van der Waals surface area (Å²) >= 11 is 59.7. The van der Waals surface area contributed by atoms with Crippen LogP contribution < -0.4 is 22.5 Å². The Morgan fingerprint density at radius 1 is 0.489 bits per heavy atom. The molecule has 0 N–H and O–H groups in total. The summed E-state index contributed by atoms with van der Waals surface area (Å²) in [5, 5.41) is -7.38. The number of rotatable bonds is 4. The third-order valence-corrected chi connectivity index (χ3v) is 5.23. The molecule has 11 nitrogen and oxygen atoms in total. The van der Waals surface area contributed by atoms with E-state index in [1.54, 1.807) is 0 Å². The summed E-state index contributed by atoms with van der Waals surface area (Å²) in [7, 11) is 0. The van der Waals surface area contributed by atoms with E-state index < -0.39 is 52.0 Å². The van der Waals surface area contributed by atoms with Gasteiger partial charge in [-0.1, -0.05) is 0 Å². The Morgan fingerprint density at radius 3 is 0.778 bits per heavy atom. The Balaban J connectivity index is 0.000000341. The van der Waals surface area contributed by atoms with Gasteiger partial charge in [0.15, 0.2) is 0 Å². The van der Waals surface area contributed by atoms with E-state index in [0.717, 1.165) is 24.3 Å². The second-order valence-corrected chi connectivity index (χ2v) is 32.0. The van der Waals surface area contributed by atoms with Crippen molar-refractivity contribution < 1.29 is 32.6 Å². The molecule has 0 spiro atoms. The maximum Gasteiger partial charge on any atom is 0.346 e. The molecule has 0 bridgehead atoms. The summed E-state index contributed by atoms with van der Waals surface area (Å²) < 4.78 is 14.5. The number of hydrogen-bond acceptors (Lipinski definition) is 11. The molecule has 0 fully saturated rings. The van der Waals surface area contributed by atoms with Crippen LogP contribution in [-0.4, -0.2) is 21.0 Å². The molecule has 0 atom stereocenters. The summed E-state index contributed by atoms with van der Waals surface area (Å²) in [6.07, 6.45) is 0. The van der Waals surface area contributed by atoms with Crippen LogP contribution >= 0.6 is 145 Å². The maximum atomic E-state index is 11.2. The molecular formula is C20H4Cl12O11P2. The molecule has 0 radical (unpaired) electrons. The van der Waals surface area contributed by atoms with E-state index >= 15 is 0 Å². The fraction of sp³-hybridized carbons (Fsp3) is 0. The predicted molar refractivity (Wildman–Crippen MR) is 182 cm³/mol. The molecule has 0 aliphatic carbocycles. The molecule has 25 heteroatoms. The van der Waals surface area contributed by atoms with E-state index in [4.69, 9.17) is 103 Å². The molecule has 0 saturated carbocycles. The Hall–Kier alpha value is -0.460. The molecule has 4 aromatic rings. The Morgan fingerprint density at radius 2 is 0.644 bits per heavy atom. The first kappa shape index (κ1) is 42.6. The largest absolute Gasteiger partial charge is 0.386 e. The Labute approximate surface area is 305 Å². The standard InChI is InChI=1S/C10H2Cl4O4.C10H2O6.Cl5P.Cl3OP/c11-7(15)3-1-4(8(12)16)6(10(14)18)2-5(3)9(13)17;11-7-3-1-4-6(10(14)16-8(4)12)2-5(3)9(13)15-7;1-6(2,3,4)5;1-5(2,3)4/h1-2H;1-2H;;. The number of fused-ring (bicyclic) bond motifs is 2. The van der Waals surface area contributed by atoms with Gasteiger partial charge in [0.25, 0.3) is 21.0 Å². The van der Waals surface area contributed by atoms with Gasteiger partial charge in [0, 0.05) is 22.3 Å². The summed E-state index contributed by atoms with van der Waals surface area (Å²) in [5.41, 5.74) is -4.62. The van der Waals surface area contributed by atoms with E-state index in [1.165, 1.54) is 0 Å². The average molecular weight is 908 g/mol. The number of benzene rings is 2. The summed E-state index contributed by atoms with van der Waals surface area (Å²) in [6, 6.07) is 4.09. The predicted octanol–water partition coefficient (Wildman–Crippen LogP) is 9.82. The van der Waals surface area contributed by atoms with E-state index in [0.29, 0.717) is 0 Å². The first-order valence-corrected chi connectivity index (χ1v) is 22.7. The van der Waals surface area contributed by atoms with Crippen molar-refractivity contribution in [1.29, 1.82) is 0 Å². The second-order valence-electron chi connectivity index (χ2n) is 7.37. The smallest absolute Gasteiger partial charge is 0.346 e. The molecule has 2 aromatic heterocycles. The first-order chi connectivity index (χ1) is 20.1. The fourth-order valence-corrected chi connectivity index (χ4v) is 3.54. The van der Waals surface area contributed by atoms with Crippen molar-refractivity contribution in [3.05, 3.63) is 88.2 Å². The Bertz CT molecular complexity index is 1830. The van der Waals surface area contributed by atoms with Crippen molar-refractivity contribution in [3.8, 4) is 0 Å². The van der Waals surface area contributed by atoms with Crippen LogP contribution in [0.2, 0.25) is 0 Å². The van der Waals surface area contributed by atoms with Crippen molar-refractivity contribution >= 4 is 187 Å². The zero-order chi connectivity index (χ0) is 35.4. The van der Waals surface area contributed by atoms with Gasteiger partial charge in [-0.2, -0.15) is 0 Å². The summed E-state index contributed by atoms with van der Waals surface area (Å²) in [6.45, 7) is 0. The maximum absolute atomic E-state index is 11.2. The average Bonchev–Trinajstić information content (AvgIpc) is 3.28. The van der Waals surface area contributed by atoms with Crippen molar-refractivity contribution in [2.75, 3.05) is 0 Å². The molecule has 2 heterocycles. The van der Waals surface area contributed by atoms with E-state index in [2.05, 4.69) is 42.6 Å². The number of hydrogen-bond donors (Lipinski definition) is 0. The third-order valence-electron chi connectivity index (χ3n) is 4.41.